The number of Topliss-reactive ketones (excluding diaryl/α,β-unsaturated/α-hetero) is 1. The van der Waals surface area contributed by atoms with Crippen LogP contribution in [-0.4, -0.2) is 29.6 Å². The fourth-order valence-corrected chi connectivity index (χ4v) is 2.18. The van der Waals surface area contributed by atoms with Gasteiger partial charge in [0.1, 0.15) is 18.5 Å². The molecule has 19 heavy (non-hydrogen) atoms. The van der Waals surface area contributed by atoms with Crippen molar-refractivity contribution in [2.75, 3.05) is 6.61 Å². The van der Waals surface area contributed by atoms with E-state index < -0.39 is 24.1 Å². The van der Waals surface area contributed by atoms with Gasteiger partial charge in [0.2, 0.25) is 0 Å². The first-order valence-corrected chi connectivity index (χ1v) is 5.86. The monoisotopic (exact) mass is 267 g/mol. The highest BCUT2D eigenvalue weighted by Gasteiger charge is 2.34. The van der Waals surface area contributed by atoms with Crippen molar-refractivity contribution < 1.29 is 23.8 Å². The van der Waals surface area contributed by atoms with E-state index in [9.17, 15) is 14.0 Å². The molecule has 1 heterocycles. The lowest BCUT2D eigenvalue weighted by molar-refractivity contribution is -0.133. The number of ketones is 1. The molecule has 0 unspecified atom stereocenters. The van der Waals surface area contributed by atoms with Crippen molar-refractivity contribution in [3.8, 4) is 0 Å². The number of carboxylic acid groups (broad SMARTS) is 1. The van der Waals surface area contributed by atoms with Gasteiger partial charge in [-0.05, 0) is 13.0 Å². The maximum atomic E-state index is 13.8. The van der Waals surface area contributed by atoms with E-state index in [0.29, 0.717) is 0 Å². The molecule has 0 radical (unpaired) electrons. The fraction of sp³-hybridized carbons (Fsp3) is 0.385. The molecule has 102 valence electrons. The van der Waals surface area contributed by atoms with Crippen molar-refractivity contribution in [2.45, 2.75) is 25.5 Å². The summed E-state index contributed by atoms with van der Waals surface area (Å²) in [6.07, 6.45) is -2.04. The van der Waals surface area contributed by atoms with Gasteiger partial charge in [-0.2, -0.15) is 0 Å². The highest BCUT2D eigenvalue weighted by Crippen LogP contribution is 2.29. The molecule has 2 atom stereocenters. The molecule has 6 heteroatoms. The number of hydrogen-bond acceptors (Lipinski definition) is 3. The zero-order valence-corrected chi connectivity index (χ0v) is 10.4. The molecule has 1 aliphatic heterocycles. The number of hydrogen-bond donors (Lipinski definition) is 2. The van der Waals surface area contributed by atoms with Gasteiger partial charge in [-0.1, -0.05) is 17.7 Å². The van der Waals surface area contributed by atoms with Crippen LogP contribution in [0.4, 0.5) is 9.18 Å². The maximum absolute atomic E-state index is 13.8. The molecular weight excluding hydrogens is 253 g/mol. The summed E-state index contributed by atoms with van der Waals surface area (Å²) in [5.41, 5.74) is 1.11. The minimum absolute atomic E-state index is 0.00431. The summed E-state index contributed by atoms with van der Waals surface area (Å²) in [5.74, 6) is -0.676. The number of nitrogens with one attached hydrogen (secondary N) is 1. The Kier molecular flexibility index (Phi) is 3.80. The third kappa shape index (κ3) is 3.08. The Morgan fingerprint density at radius 2 is 2.26 bits per heavy atom. The van der Waals surface area contributed by atoms with Gasteiger partial charge >= 0.3 is 6.09 Å². The second kappa shape index (κ2) is 5.36. The van der Waals surface area contributed by atoms with E-state index in [1.165, 1.54) is 6.07 Å². The quantitative estimate of drug-likeness (QED) is 0.856. The molecular formula is C13H14FNO4. The molecule has 1 aromatic rings. The van der Waals surface area contributed by atoms with E-state index >= 15 is 0 Å². The number of benzene rings is 1. The van der Waals surface area contributed by atoms with Crippen molar-refractivity contribution in [3.05, 3.63) is 35.1 Å². The number of ether oxygens (including phenoxy) is 1. The second-order valence-electron chi connectivity index (χ2n) is 4.56. The van der Waals surface area contributed by atoms with E-state index in [1.807, 2.05) is 0 Å². The van der Waals surface area contributed by atoms with Gasteiger partial charge in [0.05, 0.1) is 6.04 Å². The molecule has 1 aromatic carbocycles. The first-order chi connectivity index (χ1) is 8.97. The van der Waals surface area contributed by atoms with E-state index in [-0.39, 0.29) is 24.4 Å². The lowest BCUT2D eigenvalue weighted by atomic mass is 9.94. The number of amides is 1. The Labute approximate surface area is 109 Å². The molecule has 0 aliphatic carbocycles. The summed E-state index contributed by atoms with van der Waals surface area (Å²) in [7, 11) is 0. The molecule has 5 nitrogen and oxygen atoms in total. The third-order valence-corrected chi connectivity index (χ3v) is 3.00. The Morgan fingerprint density at radius 1 is 1.53 bits per heavy atom. The molecule has 0 spiro atoms. The van der Waals surface area contributed by atoms with Gasteiger partial charge in [0, 0.05) is 12.0 Å². The van der Waals surface area contributed by atoms with Crippen LogP contribution in [0, 0.1) is 12.7 Å². The lowest BCUT2D eigenvalue weighted by Crippen LogP contribution is -2.45. The summed E-state index contributed by atoms with van der Waals surface area (Å²) >= 11 is 0. The normalized spacial score (nSPS) is 23.2. The zero-order chi connectivity index (χ0) is 14.0. The lowest BCUT2D eigenvalue weighted by Gasteiger charge is -2.31. The summed E-state index contributed by atoms with van der Waals surface area (Å²) in [4.78, 5) is 22.1. The van der Waals surface area contributed by atoms with Gasteiger partial charge < -0.3 is 15.2 Å². The SMILES string of the molecule is Cc1ccc(F)c([C@@H]2OCC(=O)C[C@@H]2NC(=O)O)c1. The maximum Gasteiger partial charge on any atom is 0.404 e. The number of halogens is 1. The average Bonchev–Trinajstić information content (AvgIpc) is 2.32. The molecule has 2 N–H and O–H groups in total. The highest BCUT2D eigenvalue weighted by molar-refractivity contribution is 5.81. The van der Waals surface area contributed by atoms with Gasteiger partial charge in [-0.25, -0.2) is 9.18 Å². The van der Waals surface area contributed by atoms with Crippen molar-refractivity contribution in [1.82, 2.24) is 5.32 Å². The predicted octanol–water partition coefficient (Wildman–Crippen LogP) is 1.80. The second-order valence-corrected chi connectivity index (χ2v) is 4.56. The third-order valence-electron chi connectivity index (χ3n) is 3.00. The molecule has 1 amide bonds. The molecule has 0 bridgehead atoms. The molecule has 0 aromatic heterocycles. The van der Waals surface area contributed by atoms with Crippen LogP contribution in [0.2, 0.25) is 0 Å². The van der Waals surface area contributed by atoms with Gasteiger partial charge in [-0.15, -0.1) is 0 Å². The minimum atomic E-state index is -1.26. The standard InChI is InChI=1S/C13H14FNO4/c1-7-2-3-10(14)9(4-7)12-11(15-13(17)18)5-8(16)6-19-12/h2-4,11-12,15H,5-6H2,1H3,(H,17,18)/t11-,12-/m0/s1. The van der Waals surface area contributed by atoms with Crippen molar-refractivity contribution >= 4 is 11.9 Å². The van der Waals surface area contributed by atoms with Crippen LogP contribution in [0.1, 0.15) is 23.7 Å². The van der Waals surface area contributed by atoms with Crippen molar-refractivity contribution in [2.24, 2.45) is 0 Å². The van der Waals surface area contributed by atoms with E-state index in [1.54, 1.807) is 19.1 Å². The molecule has 1 aliphatic rings. The van der Waals surface area contributed by atoms with Gasteiger partial charge in [-0.3, -0.25) is 4.79 Å². The Balaban J connectivity index is 2.31. The van der Waals surface area contributed by atoms with Crippen LogP contribution in [0.5, 0.6) is 0 Å². The van der Waals surface area contributed by atoms with E-state index in [2.05, 4.69) is 5.32 Å². The zero-order valence-electron chi connectivity index (χ0n) is 10.4. The van der Waals surface area contributed by atoms with E-state index in [4.69, 9.17) is 9.84 Å². The first kappa shape index (κ1) is 13.5. The molecule has 1 saturated heterocycles. The van der Waals surface area contributed by atoms with Crippen LogP contribution >= 0.6 is 0 Å². The molecule has 2 rings (SSSR count). The van der Waals surface area contributed by atoms with Crippen LogP contribution in [0.15, 0.2) is 18.2 Å². The average molecular weight is 267 g/mol. The number of carbonyl (C=O) groups excluding carboxylic acids is 1. The summed E-state index contributed by atoms with van der Waals surface area (Å²) < 4.78 is 19.1. The van der Waals surface area contributed by atoms with Gasteiger partial charge in [0.15, 0.2) is 5.78 Å². The van der Waals surface area contributed by atoms with Crippen LogP contribution in [0.25, 0.3) is 0 Å². The fourth-order valence-electron chi connectivity index (χ4n) is 2.18. The Bertz CT molecular complexity index is 515. The summed E-state index contributed by atoms with van der Waals surface area (Å²) in [5, 5.41) is 11.0. The Hall–Kier alpha value is -1.95. The van der Waals surface area contributed by atoms with Gasteiger partial charge in [0.25, 0.3) is 0 Å². The van der Waals surface area contributed by atoms with Crippen molar-refractivity contribution in [1.29, 1.82) is 0 Å². The van der Waals surface area contributed by atoms with Crippen LogP contribution in [0.3, 0.4) is 0 Å². The summed E-state index contributed by atoms with van der Waals surface area (Å²) in [6, 6.07) is 3.76. The first-order valence-electron chi connectivity index (χ1n) is 5.86. The largest absolute Gasteiger partial charge is 0.465 e. The predicted molar refractivity (Wildman–Crippen MR) is 64.4 cm³/mol. The summed E-state index contributed by atoms with van der Waals surface area (Å²) in [6.45, 7) is 1.67. The minimum Gasteiger partial charge on any atom is -0.465 e. The molecule has 0 saturated carbocycles. The van der Waals surface area contributed by atoms with Crippen LogP contribution in [-0.2, 0) is 9.53 Å². The highest BCUT2D eigenvalue weighted by atomic mass is 19.1. The van der Waals surface area contributed by atoms with Crippen molar-refractivity contribution in [3.63, 3.8) is 0 Å². The molecule has 1 fully saturated rings. The van der Waals surface area contributed by atoms with E-state index in [0.717, 1.165) is 5.56 Å². The topological polar surface area (TPSA) is 75.6 Å². The number of rotatable bonds is 2. The van der Waals surface area contributed by atoms with Crippen LogP contribution < -0.4 is 5.32 Å². The Morgan fingerprint density at radius 3 is 2.95 bits per heavy atom. The number of carbonyl (C=O) groups is 2. The number of aryl methyl sites for hydroxylation is 1. The smallest absolute Gasteiger partial charge is 0.404 e.